The standard InChI is InChI=1S/C15H15NO4/c1-19-14-9-11(4-6-13(14)17)5-7-15(18)16-10-12-3-2-8-20-12/h2-9,17H,10H2,1H3,(H,16,18)/b7-5+. The maximum Gasteiger partial charge on any atom is 0.244 e. The minimum absolute atomic E-state index is 0.0620. The number of aromatic hydroxyl groups is 1. The summed E-state index contributed by atoms with van der Waals surface area (Å²) in [5.74, 6) is 0.890. The highest BCUT2D eigenvalue weighted by molar-refractivity contribution is 5.91. The second-order valence-corrected chi connectivity index (χ2v) is 4.06. The van der Waals surface area contributed by atoms with Gasteiger partial charge in [0.05, 0.1) is 19.9 Å². The highest BCUT2D eigenvalue weighted by Gasteiger charge is 2.02. The van der Waals surface area contributed by atoms with E-state index in [0.717, 1.165) is 5.56 Å². The third-order valence-corrected chi connectivity index (χ3v) is 2.65. The number of hydrogen-bond acceptors (Lipinski definition) is 4. The van der Waals surface area contributed by atoms with E-state index in [1.54, 1.807) is 36.6 Å². The monoisotopic (exact) mass is 273 g/mol. The number of rotatable bonds is 5. The number of phenols is 1. The quantitative estimate of drug-likeness (QED) is 0.820. The van der Waals surface area contributed by atoms with Gasteiger partial charge in [-0.1, -0.05) is 6.07 Å². The van der Waals surface area contributed by atoms with Gasteiger partial charge in [0.2, 0.25) is 5.91 Å². The van der Waals surface area contributed by atoms with Crippen molar-refractivity contribution in [2.24, 2.45) is 0 Å². The number of carbonyl (C=O) groups is 1. The number of hydrogen-bond donors (Lipinski definition) is 2. The molecule has 1 aromatic carbocycles. The average molecular weight is 273 g/mol. The summed E-state index contributed by atoms with van der Waals surface area (Å²) >= 11 is 0. The molecule has 0 atom stereocenters. The number of phenolic OH excluding ortho intramolecular Hbond substituents is 1. The van der Waals surface area contributed by atoms with Crippen molar-refractivity contribution in [3.63, 3.8) is 0 Å². The van der Waals surface area contributed by atoms with Gasteiger partial charge in [-0.3, -0.25) is 4.79 Å². The molecule has 0 saturated carbocycles. The Morgan fingerprint density at radius 1 is 1.45 bits per heavy atom. The number of nitrogens with one attached hydrogen (secondary N) is 1. The number of furan rings is 1. The van der Waals surface area contributed by atoms with Crippen LogP contribution >= 0.6 is 0 Å². The zero-order valence-electron chi connectivity index (χ0n) is 11.0. The molecule has 0 radical (unpaired) electrons. The van der Waals surface area contributed by atoms with Crippen LogP contribution in [-0.2, 0) is 11.3 Å². The number of carbonyl (C=O) groups excluding carboxylic acids is 1. The van der Waals surface area contributed by atoms with Gasteiger partial charge in [-0.25, -0.2) is 0 Å². The minimum Gasteiger partial charge on any atom is -0.504 e. The van der Waals surface area contributed by atoms with Gasteiger partial charge in [0.1, 0.15) is 5.76 Å². The fraction of sp³-hybridized carbons (Fsp3) is 0.133. The van der Waals surface area contributed by atoms with Gasteiger partial charge < -0.3 is 19.6 Å². The van der Waals surface area contributed by atoms with Gasteiger partial charge in [-0.15, -0.1) is 0 Å². The van der Waals surface area contributed by atoms with E-state index >= 15 is 0 Å². The minimum atomic E-state index is -0.228. The van der Waals surface area contributed by atoms with E-state index in [1.807, 2.05) is 0 Å². The van der Waals surface area contributed by atoms with Gasteiger partial charge in [-0.2, -0.15) is 0 Å². The molecular formula is C15H15NO4. The molecule has 0 unspecified atom stereocenters. The maximum atomic E-state index is 11.6. The van der Waals surface area contributed by atoms with Gasteiger partial charge in [0.15, 0.2) is 11.5 Å². The summed E-state index contributed by atoms with van der Waals surface area (Å²) in [5, 5.41) is 12.2. The third kappa shape index (κ3) is 3.65. The van der Waals surface area contributed by atoms with Crippen LogP contribution in [0, 0.1) is 0 Å². The van der Waals surface area contributed by atoms with E-state index in [9.17, 15) is 9.90 Å². The molecule has 0 aliphatic rings. The van der Waals surface area contributed by atoms with E-state index in [1.165, 1.54) is 19.3 Å². The van der Waals surface area contributed by atoms with E-state index in [0.29, 0.717) is 18.1 Å². The Morgan fingerprint density at radius 2 is 2.30 bits per heavy atom. The van der Waals surface area contributed by atoms with Crippen molar-refractivity contribution in [2.45, 2.75) is 6.54 Å². The van der Waals surface area contributed by atoms with Crippen LogP contribution in [0.25, 0.3) is 6.08 Å². The first-order valence-corrected chi connectivity index (χ1v) is 6.04. The van der Waals surface area contributed by atoms with Crippen LogP contribution in [0.1, 0.15) is 11.3 Å². The summed E-state index contributed by atoms with van der Waals surface area (Å²) in [7, 11) is 1.47. The van der Waals surface area contributed by atoms with Gasteiger partial charge in [-0.05, 0) is 35.9 Å². The Kier molecular flexibility index (Phi) is 4.44. The molecule has 2 N–H and O–H groups in total. The molecule has 0 fully saturated rings. The van der Waals surface area contributed by atoms with E-state index in [2.05, 4.69) is 5.32 Å². The smallest absolute Gasteiger partial charge is 0.244 e. The molecule has 0 saturated heterocycles. The van der Waals surface area contributed by atoms with E-state index < -0.39 is 0 Å². The second kappa shape index (κ2) is 6.47. The lowest BCUT2D eigenvalue weighted by Crippen LogP contribution is -2.19. The Morgan fingerprint density at radius 3 is 3.00 bits per heavy atom. The summed E-state index contributed by atoms with van der Waals surface area (Å²) in [6.07, 6.45) is 4.61. The van der Waals surface area contributed by atoms with Crippen LogP contribution < -0.4 is 10.1 Å². The lowest BCUT2D eigenvalue weighted by Gasteiger charge is -2.03. The molecule has 0 aliphatic heterocycles. The topological polar surface area (TPSA) is 71.7 Å². The SMILES string of the molecule is COc1cc(/C=C/C(=O)NCc2ccco2)ccc1O. The first kappa shape index (κ1) is 13.7. The molecule has 1 aromatic heterocycles. The number of amides is 1. The summed E-state index contributed by atoms with van der Waals surface area (Å²) < 4.78 is 10.1. The Balaban J connectivity index is 1.93. The van der Waals surface area contributed by atoms with Gasteiger partial charge in [0, 0.05) is 6.08 Å². The number of benzene rings is 1. The van der Waals surface area contributed by atoms with Crippen molar-refractivity contribution in [1.82, 2.24) is 5.32 Å². The van der Waals surface area contributed by atoms with Crippen molar-refractivity contribution < 1.29 is 19.1 Å². The molecule has 2 rings (SSSR count). The van der Waals surface area contributed by atoms with Crippen molar-refractivity contribution in [3.05, 3.63) is 54.0 Å². The third-order valence-electron chi connectivity index (χ3n) is 2.65. The Labute approximate surface area is 116 Å². The molecule has 1 amide bonds. The maximum absolute atomic E-state index is 11.6. The zero-order chi connectivity index (χ0) is 14.4. The first-order valence-electron chi connectivity index (χ1n) is 6.04. The van der Waals surface area contributed by atoms with Gasteiger partial charge in [0.25, 0.3) is 0 Å². The predicted molar refractivity (Wildman–Crippen MR) is 74.2 cm³/mol. The average Bonchev–Trinajstić information content (AvgIpc) is 2.97. The molecule has 0 bridgehead atoms. The highest BCUT2D eigenvalue weighted by atomic mass is 16.5. The van der Waals surface area contributed by atoms with E-state index in [-0.39, 0.29) is 11.7 Å². The second-order valence-electron chi connectivity index (χ2n) is 4.06. The molecule has 20 heavy (non-hydrogen) atoms. The molecule has 104 valence electrons. The molecule has 0 aliphatic carbocycles. The van der Waals surface area contributed by atoms with Gasteiger partial charge >= 0.3 is 0 Å². The predicted octanol–water partition coefficient (Wildman–Crippen LogP) is 2.32. The normalized spacial score (nSPS) is 10.7. The van der Waals surface area contributed by atoms with Crippen molar-refractivity contribution in [2.75, 3.05) is 7.11 Å². The fourth-order valence-electron chi connectivity index (χ4n) is 1.62. The van der Waals surface area contributed by atoms with Crippen molar-refractivity contribution >= 4 is 12.0 Å². The fourth-order valence-corrected chi connectivity index (χ4v) is 1.62. The molecule has 1 heterocycles. The molecule has 5 nitrogen and oxygen atoms in total. The van der Waals surface area contributed by atoms with Crippen molar-refractivity contribution in [3.8, 4) is 11.5 Å². The zero-order valence-corrected chi connectivity index (χ0v) is 11.0. The summed E-state index contributed by atoms with van der Waals surface area (Å²) in [6, 6.07) is 8.40. The lowest BCUT2D eigenvalue weighted by molar-refractivity contribution is -0.116. The molecule has 5 heteroatoms. The van der Waals surface area contributed by atoms with Crippen LogP contribution in [0.4, 0.5) is 0 Å². The Bertz CT molecular complexity index is 602. The van der Waals surface area contributed by atoms with E-state index in [4.69, 9.17) is 9.15 Å². The largest absolute Gasteiger partial charge is 0.504 e. The lowest BCUT2D eigenvalue weighted by atomic mass is 10.2. The number of ether oxygens (including phenoxy) is 1. The van der Waals surface area contributed by atoms with Crippen LogP contribution in [-0.4, -0.2) is 18.1 Å². The van der Waals surface area contributed by atoms with Crippen LogP contribution in [0.5, 0.6) is 11.5 Å². The molecular weight excluding hydrogens is 258 g/mol. The number of methoxy groups -OCH3 is 1. The highest BCUT2D eigenvalue weighted by Crippen LogP contribution is 2.26. The van der Waals surface area contributed by atoms with Crippen LogP contribution in [0.3, 0.4) is 0 Å². The summed E-state index contributed by atoms with van der Waals surface area (Å²) in [5.41, 5.74) is 0.757. The van der Waals surface area contributed by atoms with Crippen molar-refractivity contribution in [1.29, 1.82) is 0 Å². The summed E-state index contributed by atoms with van der Waals surface area (Å²) in [6.45, 7) is 0.342. The van der Waals surface area contributed by atoms with Crippen LogP contribution in [0.2, 0.25) is 0 Å². The Hall–Kier alpha value is -2.69. The summed E-state index contributed by atoms with van der Waals surface area (Å²) in [4.78, 5) is 11.6. The molecule has 0 spiro atoms. The first-order chi connectivity index (χ1) is 9.69. The van der Waals surface area contributed by atoms with Crippen LogP contribution in [0.15, 0.2) is 47.1 Å². The molecule has 2 aromatic rings.